The minimum absolute atomic E-state index is 0.0232. The molecule has 5 nitrogen and oxygen atoms in total. The van der Waals surface area contributed by atoms with Crippen LogP contribution >= 0.6 is 0 Å². The molecule has 1 aliphatic heterocycles. The van der Waals surface area contributed by atoms with E-state index in [1.807, 2.05) is 13.8 Å². The van der Waals surface area contributed by atoms with Crippen LogP contribution in [0.15, 0.2) is 23.1 Å². The summed E-state index contributed by atoms with van der Waals surface area (Å²) in [4.78, 5) is 12.4. The number of hydrogen-bond acceptors (Lipinski definition) is 3. The Balaban J connectivity index is 2.02. The molecule has 164 valence electrons. The topological polar surface area (TPSA) is 66.5 Å². The number of sulfonamides is 1. The number of carbonyl (C=O) groups excluding carboxylic acids is 1. The summed E-state index contributed by atoms with van der Waals surface area (Å²) in [7, 11) is -3.75. The second kappa shape index (κ2) is 11.1. The molecule has 1 aromatic rings. The molecule has 1 aromatic carbocycles. The van der Waals surface area contributed by atoms with Crippen LogP contribution in [-0.2, 0) is 10.0 Å². The van der Waals surface area contributed by atoms with Gasteiger partial charge < -0.3 is 5.32 Å². The molecule has 0 saturated carbocycles. The van der Waals surface area contributed by atoms with Crippen molar-refractivity contribution in [1.82, 2.24) is 9.62 Å². The van der Waals surface area contributed by atoms with Crippen LogP contribution in [0.2, 0.25) is 0 Å². The van der Waals surface area contributed by atoms with Gasteiger partial charge in [0, 0.05) is 19.6 Å². The Hall–Kier alpha value is -1.47. The summed E-state index contributed by atoms with van der Waals surface area (Å²) >= 11 is 0. The summed E-state index contributed by atoms with van der Waals surface area (Å²) in [6.45, 7) is 7.58. The van der Waals surface area contributed by atoms with E-state index in [1.165, 1.54) is 35.7 Å². The molecule has 29 heavy (non-hydrogen) atoms. The van der Waals surface area contributed by atoms with Crippen LogP contribution in [0.25, 0.3) is 0 Å². The van der Waals surface area contributed by atoms with Gasteiger partial charge in [0.2, 0.25) is 10.0 Å². The van der Waals surface area contributed by atoms with E-state index in [1.54, 1.807) is 0 Å². The van der Waals surface area contributed by atoms with Crippen molar-refractivity contribution in [2.75, 3.05) is 19.6 Å². The molecule has 1 heterocycles. The van der Waals surface area contributed by atoms with E-state index >= 15 is 0 Å². The molecule has 2 rings (SSSR count). The third-order valence-electron chi connectivity index (χ3n) is 5.47. The Bertz CT molecular complexity index is 772. The fourth-order valence-corrected chi connectivity index (χ4v) is 5.70. The van der Waals surface area contributed by atoms with E-state index in [0.717, 1.165) is 31.7 Å². The number of carbonyl (C=O) groups is 1. The van der Waals surface area contributed by atoms with Crippen LogP contribution in [-0.4, -0.2) is 38.3 Å². The molecule has 7 heteroatoms. The number of amides is 1. The number of rotatable bonds is 10. The summed E-state index contributed by atoms with van der Waals surface area (Å²) < 4.78 is 41.7. The van der Waals surface area contributed by atoms with Crippen molar-refractivity contribution in [2.24, 2.45) is 11.8 Å². The summed E-state index contributed by atoms with van der Waals surface area (Å²) in [5, 5.41) is 2.72. The molecular weight excluding hydrogens is 391 g/mol. The van der Waals surface area contributed by atoms with Gasteiger partial charge in [-0.05, 0) is 42.9 Å². The van der Waals surface area contributed by atoms with Crippen LogP contribution in [0.1, 0.15) is 76.1 Å². The van der Waals surface area contributed by atoms with Gasteiger partial charge in [-0.3, -0.25) is 4.79 Å². The van der Waals surface area contributed by atoms with Gasteiger partial charge in [0.05, 0.1) is 10.5 Å². The SMILES string of the molecule is CCCCCCCCNC(=O)c1cc(S(=O)(=O)N2C[C@@H](C)C[C@H](C)C2)ccc1F. The normalized spacial score (nSPS) is 20.6. The highest BCUT2D eigenvalue weighted by atomic mass is 32.2. The maximum Gasteiger partial charge on any atom is 0.254 e. The number of halogens is 1. The van der Waals surface area contributed by atoms with Gasteiger partial charge in [0.25, 0.3) is 5.91 Å². The lowest BCUT2D eigenvalue weighted by Crippen LogP contribution is -2.42. The molecule has 0 bridgehead atoms. The first-order valence-corrected chi connectivity index (χ1v) is 12.3. The number of benzene rings is 1. The molecule has 0 aliphatic carbocycles. The number of hydrogen-bond donors (Lipinski definition) is 1. The van der Waals surface area contributed by atoms with Crippen LogP contribution in [0.4, 0.5) is 4.39 Å². The predicted molar refractivity (Wildman–Crippen MR) is 114 cm³/mol. The fraction of sp³-hybridized carbons (Fsp3) is 0.682. The smallest absolute Gasteiger partial charge is 0.254 e. The van der Waals surface area contributed by atoms with Gasteiger partial charge in [-0.25, -0.2) is 12.8 Å². The number of piperidine rings is 1. The minimum Gasteiger partial charge on any atom is -0.352 e. The Morgan fingerprint density at radius 2 is 1.72 bits per heavy atom. The van der Waals surface area contributed by atoms with Crippen molar-refractivity contribution in [3.63, 3.8) is 0 Å². The van der Waals surface area contributed by atoms with Crippen LogP contribution in [0.3, 0.4) is 0 Å². The second-order valence-electron chi connectivity index (χ2n) is 8.43. The summed E-state index contributed by atoms with van der Waals surface area (Å²) in [6.07, 6.45) is 7.55. The van der Waals surface area contributed by atoms with E-state index < -0.39 is 21.7 Å². The summed E-state index contributed by atoms with van der Waals surface area (Å²) in [5.41, 5.74) is -0.213. The highest BCUT2D eigenvalue weighted by molar-refractivity contribution is 7.89. The maximum absolute atomic E-state index is 14.2. The quantitative estimate of drug-likeness (QED) is 0.557. The molecule has 1 amide bonds. The van der Waals surface area contributed by atoms with Crippen molar-refractivity contribution >= 4 is 15.9 Å². The Labute approximate surface area is 175 Å². The molecular formula is C22H35FN2O3S. The zero-order chi connectivity index (χ0) is 21.4. The predicted octanol–water partition coefficient (Wildman–Crippen LogP) is 4.58. The van der Waals surface area contributed by atoms with Crippen molar-refractivity contribution in [2.45, 2.75) is 70.6 Å². The van der Waals surface area contributed by atoms with E-state index in [0.29, 0.717) is 19.6 Å². The van der Waals surface area contributed by atoms with Crippen LogP contribution < -0.4 is 5.32 Å². The van der Waals surface area contributed by atoms with E-state index in [4.69, 9.17) is 0 Å². The molecule has 0 aromatic heterocycles. The van der Waals surface area contributed by atoms with Gasteiger partial charge >= 0.3 is 0 Å². The average molecular weight is 427 g/mol. The van der Waals surface area contributed by atoms with Crippen molar-refractivity contribution in [3.05, 3.63) is 29.6 Å². The van der Waals surface area contributed by atoms with Crippen LogP contribution in [0.5, 0.6) is 0 Å². The van der Waals surface area contributed by atoms with Gasteiger partial charge in [0.15, 0.2) is 0 Å². The highest BCUT2D eigenvalue weighted by Crippen LogP contribution is 2.27. The lowest BCUT2D eigenvalue weighted by Gasteiger charge is -2.34. The lowest BCUT2D eigenvalue weighted by molar-refractivity contribution is 0.0948. The molecule has 1 aliphatic rings. The molecule has 0 radical (unpaired) electrons. The molecule has 0 spiro atoms. The van der Waals surface area contributed by atoms with Crippen LogP contribution in [0, 0.1) is 17.7 Å². The molecule has 0 unspecified atom stereocenters. The molecule has 1 N–H and O–H groups in total. The fourth-order valence-electron chi connectivity index (χ4n) is 3.99. The zero-order valence-corrected chi connectivity index (χ0v) is 18.7. The largest absolute Gasteiger partial charge is 0.352 e. The zero-order valence-electron chi connectivity index (χ0n) is 17.9. The maximum atomic E-state index is 14.2. The van der Waals surface area contributed by atoms with Gasteiger partial charge in [-0.2, -0.15) is 4.31 Å². The van der Waals surface area contributed by atoms with Gasteiger partial charge in [0.1, 0.15) is 5.82 Å². The van der Waals surface area contributed by atoms with Crippen molar-refractivity contribution < 1.29 is 17.6 Å². The Kier molecular flexibility index (Phi) is 9.08. The van der Waals surface area contributed by atoms with Crippen molar-refractivity contribution in [1.29, 1.82) is 0 Å². The highest BCUT2D eigenvalue weighted by Gasteiger charge is 2.32. The number of nitrogens with zero attached hydrogens (tertiary/aromatic N) is 1. The van der Waals surface area contributed by atoms with E-state index in [2.05, 4.69) is 12.2 Å². The first-order valence-electron chi connectivity index (χ1n) is 10.8. The third-order valence-corrected chi connectivity index (χ3v) is 7.30. The van der Waals surface area contributed by atoms with Gasteiger partial charge in [-0.15, -0.1) is 0 Å². The second-order valence-corrected chi connectivity index (χ2v) is 10.4. The molecule has 1 saturated heterocycles. The number of nitrogens with one attached hydrogen (secondary N) is 1. The van der Waals surface area contributed by atoms with E-state index in [9.17, 15) is 17.6 Å². The first kappa shape index (κ1) is 23.8. The molecule has 1 fully saturated rings. The third kappa shape index (κ3) is 6.78. The standard InChI is InChI=1S/C22H35FN2O3S/c1-4-5-6-7-8-9-12-24-22(26)20-14-19(10-11-21(20)23)29(27,28)25-15-17(2)13-18(3)16-25/h10-11,14,17-18H,4-9,12-13,15-16H2,1-3H3,(H,24,26)/t17-,18-/m0/s1. The summed E-state index contributed by atoms with van der Waals surface area (Å²) in [6, 6.07) is 3.49. The molecule has 2 atom stereocenters. The first-order chi connectivity index (χ1) is 13.8. The monoisotopic (exact) mass is 426 g/mol. The minimum atomic E-state index is -3.75. The van der Waals surface area contributed by atoms with E-state index in [-0.39, 0.29) is 22.3 Å². The Morgan fingerprint density at radius 3 is 2.38 bits per heavy atom. The number of unbranched alkanes of at least 4 members (excludes halogenated alkanes) is 5. The average Bonchev–Trinajstić information content (AvgIpc) is 2.66. The lowest BCUT2D eigenvalue weighted by atomic mass is 9.94. The Morgan fingerprint density at radius 1 is 1.10 bits per heavy atom. The summed E-state index contributed by atoms with van der Waals surface area (Å²) in [5.74, 6) is -0.721. The van der Waals surface area contributed by atoms with Gasteiger partial charge in [-0.1, -0.05) is 52.9 Å². The van der Waals surface area contributed by atoms with Crippen molar-refractivity contribution in [3.8, 4) is 0 Å².